The lowest BCUT2D eigenvalue weighted by Crippen LogP contribution is -2.28. The van der Waals surface area contributed by atoms with Crippen molar-refractivity contribution in [3.8, 4) is 0 Å². The molecule has 1 saturated carbocycles. The molecule has 1 aliphatic rings. The Bertz CT molecular complexity index is 174. The van der Waals surface area contributed by atoms with E-state index in [1.165, 1.54) is 32.2 Å². The second-order valence-electron chi connectivity index (χ2n) is 6.79. The first-order chi connectivity index (χ1) is 6.88. The van der Waals surface area contributed by atoms with Gasteiger partial charge in [-0.15, -0.1) is 0 Å². The molecule has 1 N–H and O–H groups in total. The van der Waals surface area contributed by atoms with Gasteiger partial charge in [-0.3, -0.25) is 0 Å². The predicted octanol–water partition coefficient (Wildman–Crippen LogP) is 3.84. The zero-order valence-electron chi connectivity index (χ0n) is 11.3. The maximum atomic E-state index is 3.67. The molecule has 0 radical (unpaired) electrons. The minimum absolute atomic E-state index is 0.493. The topological polar surface area (TPSA) is 12.0 Å². The summed E-state index contributed by atoms with van der Waals surface area (Å²) >= 11 is 0. The standard InChI is InChI=1S/C14H29N/c1-11(2)12(8-9-14(3,4)5)10-15-13-6-7-13/h11-13,15H,6-10H2,1-5H3. The maximum absolute atomic E-state index is 3.67. The summed E-state index contributed by atoms with van der Waals surface area (Å²) in [5.74, 6) is 1.68. The summed E-state index contributed by atoms with van der Waals surface area (Å²) in [5, 5.41) is 3.67. The van der Waals surface area contributed by atoms with Gasteiger partial charge < -0.3 is 5.32 Å². The van der Waals surface area contributed by atoms with Crippen molar-refractivity contribution in [2.45, 2.75) is 66.3 Å². The molecule has 0 amide bonds. The van der Waals surface area contributed by atoms with Gasteiger partial charge in [-0.1, -0.05) is 34.6 Å². The van der Waals surface area contributed by atoms with Crippen molar-refractivity contribution in [1.82, 2.24) is 5.32 Å². The Hall–Kier alpha value is -0.0400. The lowest BCUT2D eigenvalue weighted by Gasteiger charge is -2.26. The smallest absolute Gasteiger partial charge is 0.00683 e. The third-order valence-corrected chi connectivity index (χ3v) is 3.45. The van der Waals surface area contributed by atoms with Gasteiger partial charge in [-0.2, -0.15) is 0 Å². The van der Waals surface area contributed by atoms with E-state index >= 15 is 0 Å². The van der Waals surface area contributed by atoms with Crippen LogP contribution >= 0.6 is 0 Å². The third kappa shape index (κ3) is 6.19. The Kier molecular flexibility index (Phi) is 4.64. The van der Waals surface area contributed by atoms with E-state index in [-0.39, 0.29) is 0 Å². The number of rotatable bonds is 6. The van der Waals surface area contributed by atoms with E-state index in [4.69, 9.17) is 0 Å². The normalized spacial score (nSPS) is 19.6. The summed E-state index contributed by atoms with van der Waals surface area (Å²) in [5.41, 5.74) is 0.493. The highest BCUT2D eigenvalue weighted by molar-refractivity contribution is 4.82. The van der Waals surface area contributed by atoms with Crippen LogP contribution < -0.4 is 5.32 Å². The first-order valence-corrected chi connectivity index (χ1v) is 6.62. The molecule has 0 aliphatic heterocycles. The molecule has 1 unspecified atom stereocenters. The SMILES string of the molecule is CC(C)C(CCC(C)(C)C)CNC1CC1. The molecule has 1 heteroatoms. The Morgan fingerprint density at radius 1 is 1.20 bits per heavy atom. The predicted molar refractivity (Wildman–Crippen MR) is 68.0 cm³/mol. The third-order valence-electron chi connectivity index (χ3n) is 3.45. The van der Waals surface area contributed by atoms with Crippen molar-refractivity contribution in [1.29, 1.82) is 0 Å². The molecule has 1 aliphatic carbocycles. The van der Waals surface area contributed by atoms with Crippen LogP contribution in [0.5, 0.6) is 0 Å². The quantitative estimate of drug-likeness (QED) is 0.704. The minimum atomic E-state index is 0.493. The lowest BCUT2D eigenvalue weighted by atomic mass is 9.83. The Morgan fingerprint density at radius 3 is 2.20 bits per heavy atom. The summed E-state index contributed by atoms with van der Waals surface area (Å²) < 4.78 is 0. The van der Waals surface area contributed by atoms with Crippen LogP contribution in [0, 0.1) is 17.3 Å². The average Bonchev–Trinajstić information content (AvgIpc) is 2.84. The molecule has 0 aromatic rings. The summed E-state index contributed by atoms with van der Waals surface area (Å²) in [6.45, 7) is 13.0. The van der Waals surface area contributed by atoms with Crippen LogP contribution in [0.1, 0.15) is 60.3 Å². The molecule has 90 valence electrons. The molecule has 0 bridgehead atoms. The first-order valence-electron chi connectivity index (χ1n) is 6.62. The van der Waals surface area contributed by atoms with Crippen LogP contribution in [0.25, 0.3) is 0 Å². The van der Waals surface area contributed by atoms with E-state index in [0.717, 1.165) is 17.9 Å². The first kappa shape index (κ1) is 13.0. The van der Waals surface area contributed by atoms with Crippen molar-refractivity contribution < 1.29 is 0 Å². The van der Waals surface area contributed by atoms with Gasteiger partial charge in [0.25, 0.3) is 0 Å². The summed E-state index contributed by atoms with van der Waals surface area (Å²) in [6.07, 6.45) is 5.54. The van der Waals surface area contributed by atoms with Gasteiger partial charge in [0.05, 0.1) is 0 Å². The largest absolute Gasteiger partial charge is 0.314 e. The zero-order chi connectivity index (χ0) is 11.5. The molecule has 0 saturated heterocycles. The number of hydrogen-bond donors (Lipinski definition) is 1. The van der Waals surface area contributed by atoms with Crippen molar-refractivity contribution in [2.24, 2.45) is 17.3 Å². The van der Waals surface area contributed by atoms with E-state index in [1.54, 1.807) is 0 Å². The second kappa shape index (κ2) is 5.34. The van der Waals surface area contributed by atoms with Crippen molar-refractivity contribution in [2.75, 3.05) is 6.54 Å². The van der Waals surface area contributed by atoms with Gasteiger partial charge in [0.2, 0.25) is 0 Å². The van der Waals surface area contributed by atoms with Crippen LogP contribution in [0.4, 0.5) is 0 Å². The Labute approximate surface area is 96.0 Å². The molecule has 0 aromatic heterocycles. The van der Waals surface area contributed by atoms with Gasteiger partial charge in [-0.25, -0.2) is 0 Å². The number of nitrogens with one attached hydrogen (secondary N) is 1. The Balaban J connectivity index is 2.22. The van der Waals surface area contributed by atoms with Crippen molar-refractivity contribution >= 4 is 0 Å². The summed E-state index contributed by atoms with van der Waals surface area (Å²) in [6, 6.07) is 0.862. The summed E-state index contributed by atoms with van der Waals surface area (Å²) in [4.78, 5) is 0. The van der Waals surface area contributed by atoms with Gasteiger partial charge >= 0.3 is 0 Å². The molecule has 1 nitrogen and oxygen atoms in total. The van der Waals surface area contributed by atoms with Crippen molar-refractivity contribution in [3.05, 3.63) is 0 Å². The Morgan fingerprint density at radius 2 is 1.80 bits per heavy atom. The van der Waals surface area contributed by atoms with Crippen LogP contribution in [-0.4, -0.2) is 12.6 Å². The van der Waals surface area contributed by atoms with Crippen LogP contribution in [0.15, 0.2) is 0 Å². The van der Waals surface area contributed by atoms with E-state index in [1.807, 2.05) is 0 Å². The van der Waals surface area contributed by atoms with E-state index in [9.17, 15) is 0 Å². The molecule has 0 spiro atoms. The van der Waals surface area contributed by atoms with Crippen molar-refractivity contribution in [3.63, 3.8) is 0 Å². The molecule has 1 fully saturated rings. The number of hydrogen-bond acceptors (Lipinski definition) is 1. The molecule has 1 rings (SSSR count). The fourth-order valence-corrected chi connectivity index (χ4v) is 1.90. The highest BCUT2D eigenvalue weighted by Crippen LogP contribution is 2.27. The van der Waals surface area contributed by atoms with E-state index < -0.39 is 0 Å². The zero-order valence-corrected chi connectivity index (χ0v) is 11.3. The lowest BCUT2D eigenvalue weighted by molar-refractivity contribution is 0.271. The molecule has 1 atom stereocenters. The fraction of sp³-hybridized carbons (Fsp3) is 1.00. The monoisotopic (exact) mass is 211 g/mol. The van der Waals surface area contributed by atoms with Gasteiger partial charge in [0.1, 0.15) is 0 Å². The maximum Gasteiger partial charge on any atom is 0.00683 e. The van der Waals surface area contributed by atoms with Crippen LogP contribution in [0.2, 0.25) is 0 Å². The minimum Gasteiger partial charge on any atom is -0.314 e. The van der Waals surface area contributed by atoms with Gasteiger partial charge in [-0.05, 0) is 49.5 Å². The molecule has 0 aromatic carbocycles. The molecular formula is C14H29N. The van der Waals surface area contributed by atoms with E-state index in [0.29, 0.717) is 5.41 Å². The molecule has 15 heavy (non-hydrogen) atoms. The highest BCUT2D eigenvalue weighted by Gasteiger charge is 2.23. The highest BCUT2D eigenvalue weighted by atomic mass is 14.9. The van der Waals surface area contributed by atoms with Gasteiger partial charge in [0.15, 0.2) is 0 Å². The second-order valence-corrected chi connectivity index (χ2v) is 6.79. The van der Waals surface area contributed by atoms with Crippen LogP contribution in [-0.2, 0) is 0 Å². The fourth-order valence-electron chi connectivity index (χ4n) is 1.90. The van der Waals surface area contributed by atoms with Gasteiger partial charge in [0, 0.05) is 6.04 Å². The van der Waals surface area contributed by atoms with E-state index in [2.05, 4.69) is 39.9 Å². The average molecular weight is 211 g/mol. The van der Waals surface area contributed by atoms with Crippen LogP contribution in [0.3, 0.4) is 0 Å². The molecule has 0 heterocycles. The summed E-state index contributed by atoms with van der Waals surface area (Å²) in [7, 11) is 0. The molecular weight excluding hydrogens is 182 g/mol.